The largest absolute Gasteiger partial charge is 0.493 e. The number of benzene rings is 2. The summed E-state index contributed by atoms with van der Waals surface area (Å²) in [4.78, 5) is 13.1. The maximum Gasteiger partial charge on any atom is 0.240 e. The first kappa shape index (κ1) is 20.6. The highest BCUT2D eigenvalue weighted by atomic mass is 32.2. The van der Waals surface area contributed by atoms with Gasteiger partial charge in [0, 0.05) is 22.6 Å². The van der Waals surface area contributed by atoms with E-state index in [4.69, 9.17) is 14.2 Å². The zero-order valence-corrected chi connectivity index (χ0v) is 16.8. The number of amides is 1. The third kappa shape index (κ3) is 6.21. The number of ether oxygens (including phenoxy) is 3. The van der Waals surface area contributed by atoms with Gasteiger partial charge in [-0.2, -0.15) is 5.10 Å². The van der Waals surface area contributed by atoms with Gasteiger partial charge >= 0.3 is 0 Å². The van der Waals surface area contributed by atoms with Gasteiger partial charge in [0.1, 0.15) is 0 Å². The third-order valence-electron chi connectivity index (χ3n) is 3.71. The zero-order chi connectivity index (χ0) is 19.6. The Kier molecular flexibility index (Phi) is 8.00. The number of carbonyl (C=O) groups is 1. The lowest BCUT2D eigenvalue weighted by molar-refractivity contribution is -0.120. The summed E-state index contributed by atoms with van der Waals surface area (Å²) >= 11 is 1.64. The van der Waals surface area contributed by atoms with Gasteiger partial charge in [-0.15, -0.1) is 11.8 Å². The van der Waals surface area contributed by atoms with E-state index in [9.17, 15) is 4.79 Å². The molecule has 0 aliphatic carbocycles. The Labute approximate surface area is 163 Å². The lowest BCUT2D eigenvalue weighted by Gasteiger charge is -2.12. The monoisotopic (exact) mass is 388 g/mol. The highest BCUT2D eigenvalue weighted by Gasteiger charge is 2.12. The molecule has 0 unspecified atom stereocenters. The molecule has 1 amide bonds. The van der Waals surface area contributed by atoms with Gasteiger partial charge in [-0.3, -0.25) is 4.79 Å². The van der Waals surface area contributed by atoms with E-state index < -0.39 is 0 Å². The Morgan fingerprint density at radius 2 is 1.70 bits per heavy atom. The normalized spacial score (nSPS) is 10.7. The summed E-state index contributed by atoms with van der Waals surface area (Å²) in [5, 5.41) is 4.00. The van der Waals surface area contributed by atoms with E-state index in [2.05, 4.69) is 34.8 Å². The quantitative estimate of drug-likeness (QED) is 0.403. The van der Waals surface area contributed by atoms with Crippen LogP contribution in [0.3, 0.4) is 0 Å². The minimum atomic E-state index is -0.140. The molecular weight excluding hydrogens is 364 g/mol. The molecule has 0 saturated heterocycles. The lowest BCUT2D eigenvalue weighted by atomic mass is 10.2. The van der Waals surface area contributed by atoms with Gasteiger partial charge in [-0.1, -0.05) is 17.7 Å². The molecule has 144 valence electrons. The summed E-state index contributed by atoms with van der Waals surface area (Å²) < 4.78 is 15.9. The van der Waals surface area contributed by atoms with Crippen LogP contribution >= 0.6 is 11.8 Å². The van der Waals surface area contributed by atoms with Crippen molar-refractivity contribution < 1.29 is 19.0 Å². The van der Waals surface area contributed by atoms with Gasteiger partial charge in [0.25, 0.3) is 0 Å². The van der Waals surface area contributed by atoms with Crippen molar-refractivity contribution in [2.75, 3.05) is 27.1 Å². The van der Waals surface area contributed by atoms with Crippen molar-refractivity contribution in [1.29, 1.82) is 0 Å². The van der Waals surface area contributed by atoms with Gasteiger partial charge < -0.3 is 14.2 Å². The summed E-state index contributed by atoms with van der Waals surface area (Å²) in [5.74, 6) is 2.11. The second-order valence-corrected chi connectivity index (χ2v) is 6.83. The Morgan fingerprint density at radius 1 is 1.07 bits per heavy atom. The summed E-state index contributed by atoms with van der Waals surface area (Å²) in [7, 11) is 4.64. The Balaban J connectivity index is 1.87. The number of hydrogen-bond acceptors (Lipinski definition) is 6. The van der Waals surface area contributed by atoms with Crippen LogP contribution in [0, 0.1) is 6.92 Å². The van der Waals surface area contributed by atoms with E-state index in [1.165, 1.54) is 11.8 Å². The molecule has 0 heterocycles. The molecule has 0 fully saturated rings. The van der Waals surface area contributed by atoms with Gasteiger partial charge in [0.05, 0.1) is 27.5 Å². The smallest absolute Gasteiger partial charge is 0.240 e. The summed E-state index contributed by atoms with van der Waals surface area (Å²) in [6, 6.07) is 11.7. The molecule has 2 rings (SSSR count). The highest BCUT2D eigenvalue weighted by molar-refractivity contribution is 7.99. The minimum Gasteiger partial charge on any atom is -0.493 e. The van der Waals surface area contributed by atoms with Crippen LogP contribution in [-0.4, -0.2) is 39.2 Å². The minimum absolute atomic E-state index is 0.140. The van der Waals surface area contributed by atoms with E-state index in [1.54, 1.807) is 45.2 Å². The number of hydrogen-bond donors (Lipinski definition) is 1. The molecule has 0 saturated carbocycles. The molecule has 0 aromatic heterocycles. The van der Waals surface area contributed by atoms with Crippen LogP contribution in [0.4, 0.5) is 0 Å². The first-order chi connectivity index (χ1) is 13.1. The second kappa shape index (κ2) is 10.5. The molecule has 0 aliphatic heterocycles. The fraction of sp³-hybridized carbons (Fsp3) is 0.300. The molecule has 2 aromatic carbocycles. The van der Waals surface area contributed by atoms with Crippen molar-refractivity contribution in [3.8, 4) is 17.2 Å². The van der Waals surface area contributed by atoms with Crippen molar-refractivity contribution in [2.24, 2.45) is 5.10 Å². The first-order valence-corrected chi connectivity index (χ1v) is 9.37. The number of nitrogens with zero attached hydrogens (tertiary/aromatic N) is 1. The second-order valence-electron chi connectivity index (χ2n) is 5.66. The van der Waals surface area contributed by atoms with Crippen molar-refractivity contribution in [1.82, 2.24) is 5.43 Å². The Bertz CT molecular complexity index is 766. The number of carbonyl (C=O) groups excluding carboxylic acids is 1. The third-order valence-corrected chi connectivity index (χ3v) is 4.72. The van der Waals surface area contributed by atoms with Crippen molar-refractivity contribution in [3.05, 3.63) is 47.5 Å². The van der Waals surface area contributed by atoms with Crippen LogP contribution in [-0.2, 0) is 4.79 Å². The van der Waals surface area contributed by atoms with Crippen LogP contribution in [0.1, 0.15) is 17.5 Å². The van der Waals surface area contributed by atoms with Gasteiger partial charge in [-0.05, 0) is 31.2 Å². The molecule has 0 radical (unpaired) electrons. The Morgan fingerprint density at radius 3 is 2.26 bits per heavy atom. The Hall–Kier alpha value is -2.67. The molecule has 6 nitrogen and oxygen atoms in total. The van der Waals surface area contributed by atoms with Crippen LogP contribution in [0.2, 0.25) is 0 Å². The van der Waals surface area contributed by atoms with Crippen LogP contribution in [0.5, 0.6) is 17.2 Å². The van der Waals surface area contributed by atoms with Crippen molar-refractivity contribution >= 4 is 23.9 Å². The fourth-order valence-corrected chi connectivity index (χ4v) is 3.16. The average Bonchev–Trinajstić information content (AvgIpc) is 2.68. The number of rotatable bonds is 9. The predicted octanol–water partition coefficient (Wildman–Crippen LogP) is 3.65. The molecule has 2 aromatic rings. The van der Waals surface area contributed by atoms with Crippen LogP contribution in [0.15, 0.2) is 46.4 Å². The topological polar surface area (TPSA) is 69.2 Å². The van der Waals surface area contributed by atoms with E-state index in [1.807, 2.05) is 6.92 Å². The van der Waals surface area contributed by atoms with E-state index >= 15 is 0 Å². The number of aryl methyl sites for hydroxylation is 1. The van der Waals surface area contributed by atoms with Gasteiger partial charge in [0.2, 0.25) is 11.7 Å². The molecular formula is C20H24N2O4S. The summed E-state index contributed by atoms with van der Waals surface area (Å²) in [6.45, 7) is 2.05. The number of hydrazone groups is 1. The predicted molar refractivity (Wildman–Crippen MR) is 108 cm³/mol. The molecule has 7 heteroatoms. The molecule has 27 heavy (non-hydrogen) atoms. The summed E-state index contributed by atoms with van der Waals surface area (Å²) in [5.41, 5.74) is 4.48. The molecule has 0 spiro atoms. The fourth-order valence-electron chi connectivity index (χ4n) is 2.31. The standard InChI is InChI=1S/C20H24N2O4S/c1-14-5-7-16(8-6-14)27-10-9-19(23)22-21-13-15-11-17(24-2)20(26-4)18(12-15)25-3/h5-8,11-13H,9-10H2,1-4H3,(H,22,23)/b21-13-. The average molecular weight is 388 g/mol. The maximum absolute atomic E-state index is 11.9. The number of thioether (sulfide) groups is 1. The molecule has 0 atom stereocenters. The highest BCUT2D eigenvalue weighted by Crippen LogP contribution is 2.37. The van der Waals surface area contributed by atoms with E-state index in [0.29, 0.717) is 29.4 Å². The van der Waals surface area contributed by atoms with Crippen molar-refractivity contribution in [3.63, 3.8) is 0 Å². The van der Waals surface area contributed by atoms with E-state index in [0.717, 1.165) is 10.5 Å². The van der Waals surface area contributed by atoms with Crippen LogP contribution in [0.25, 0.3) is 0 Å². The van der Waals surface area contributed by atoms with Crippen LogP contribution < -0.4 is 19.6 Å². The zero-order valence-electron chi connectivity index (χ0n) is 15.9. The van der Waals surface area contributed by atoms with Crippen molar-refractivity contribution in [2.45, 2.75) is 18.2 Å². The number of methoxy groups -OCH3 is 3. The SMILES string of the molecule is COc1cc(/C=N\NC(=O)CCSc2ccc(C)cc2)cc(OC)c1OC. The maximum atomic E-state index is 11.9. The van der Waals surface area contributed by atoms with E-state index in [-0.39, 0.29) is 5.91 Å². The molecule has 0 bridgehead atoms. The lowest BCUT2D eigenvalue weighted by Crippen LogP contribution is -2.17. The van der Waals surface area contributed by atoms with Gasteiger partial charge in [-0.25, -0.2) is 5.43 Å². The first-order valence-electron chi connectivity index (χ1n) is 8.38. The molecule has 1 N–H and O–H groups in total. The molecule has 0 aliphatic rings. The van der Waals surface area contributed by atoms with Gasteiger partial charge in [0.15, 0.2) is 11.5 Å². The number of nitrogens with one attached hydrogen (secondary N) is 1. The summed E-state index contributed by atoms with van der Waals surface area (Å²) in [6.07, 6.45) is 1.92.